The highest BCUT2D eigenvalue weighted by Crippen LogP contribution is 2.37. The molecule has 0 radical (unpaired) electrons. The Hall–Kier alpha value is -1.33. The van der Waals surface area contributed by atoms with Crippen LogP contribution in [0.1, 0.15) is 18.0 Å². The normalized spacial score (nSPS) is 18.2. The molecular formula is C14H21FN2O2. The Morgan fingerprint density at radius 3 is 2.79 bits per heavy atom. The summed E-state index contributed by atoms with van der Waals surface area (Å²) in [5, 5.41) is 13.5. The fourth-order valence-corrected chi connectivity index (χ4v) is 2.60. The van der Waals surface area contributed by atoms with Gasteiger partial charge in [0, 0.05) is 37.8 Å². The Kier molecular flexibility index (Phi) is 4.99. The van der Waals surface area contributed by atoms with E-state index < -0.39 is 6.67 Å². The number of alkyl halides is 1. The Morgan fingerprint density at radius 1 is 1.42 bits per heavy atom. The maximum atomic E-state index is 12.8. The molecule has 0 aliphatic carbocycles. The molecule has 1 aliphatic rings. The van der Waals surface area contributed by atoms with Crippen LogP contribution in [0.25, 0.3) is 0 Å². The zero-order chi connectivity index (χ0) is 13.7. The van der Waals surface area contributed by atoms with Crippen molar-refractivity contribution in [3.05, 3.63) is 23.8 Å². The van der Waals surface area contributed by atoms with E-state index in [1.807, 2.05) is 12.1 Å². The summed E-state index contributed by atoms with van der Waals surface area (Å²) in [7, 11) is 1.52. The smallest absolute Gasteiger partial charge is 0.162 e. The van der Waals surface area contributed by atoms with E-state index in [9.17, 15) is 9.50 Å². The molecule has 2 rings (SSSR count). The molecule has 2 N–H and O–H groups in total. The maximum Gasteiger partial charge on any atom is 0.162 e. The molecule has 0 spiro atoms. The molecule has 1 saturated heterocycles. The maximum absolute atomic E-state index is 12.8. The van der Waals surface area contributed by atoms with E-state index in [0.717, 1.165) is 31.7 Å². The van der Waals surface area contributed by atoms with Crippen molar-refractivity contribution in [3.63, 3.8) is 0 Å². The molecule has 19 heavy (non-hydrogen) atoms. The summed E-state index contributed by atoms with van der Waals surface area (Å²) in [6.45, 7) is 3.12. The molecule has 106 valence electrons. The number of halogens is 1. The van der Waals surface area contributed by atoms with E-state index in [0.29, 0.717) is 12.2 Å². The van der Waals surface area contributed by atoms with Crippen LogP contribution in [0.15, 0.2) is 18.2 Å². The van der Waals surface area contributed by atoms with Crippen molar-refractivity contribution in [2.45, 2.75) is 12.5 Å². The molecule has 1 aliphatic heterocycles. The van der Waals surface area contributed by atoms with Gasteiger partial charge in [0.1, 0.15) is 0 Å². The average Bonchev–Trinajstić information content (AvgIpc) is 2.46. The van der Waals surface area contributed by atoms with Crippen molar-refractivity contribution in [1.82, 2.24) is 10.2 Å². The molecule has 5 heteroatoms. The molecule has 1 aromatic rings. The number of benzene rings is 1. The molecule has 0 saturated carbocycles. The van der Waals surface area contributed by atoms with Crippen LogP contribution in [0, 0.1) is 0 Å². The second-order valence-electron chi connectivity index (χ2n) is 4.68. The van der Waals surface area contributed by atoms with Crippen molar-refractivity contribution >= 4 is 0 Å². The number of aromatic hydroxyl groups is 1. The molecule has 4 nitrogen and oxygen atoms in total. The Labute approximate surface area is 113 Å². The predicted molar refractivity (Wildman–Crippen MR) is 72.4 cm³/mol. The lowest BCUT2D eigenvalue weighted by atomic mass is 10.00. The summed E-state index contributed by atoms with van der Waals surface area (Å²) in [4.78, 5) is 2.21. The van der Waals surface area contributed by atoms with E-state index in [4.69, 9.17) is 4.74 Å². The first-order valence-electron chi connectivity index (χ1n) is 6.64. The summed E-state index contributed by atoms with van der Waals surface area (Å²) >= 11 is 0. The van der Waals surface area contributed by atoms with Gasteiger partial charge < -0.3 is 15.2 Å². The van der Waals surface area contributed by atoms with Crippen LogP contribution in [0.4, 0.5) is 4.39 Å². The zero-order valence-corrected chi connectivity index (χ0v) is 11.2. The van der Waals surface area contributed by atoms with Crippen LogP contribution in [0.2, 0.25) is 0 Å². The molecule has 0 amide bonds. The number of hydrogen-bond acceptors (Lipinski definition) is 4. The fraction of sp³-hybridized carbons (Fsp3) is 0.571. The number of methoxy groups -OCH3 is 1. The zero-order valence-electron chi connectivity index (χ0n) is 11.2. The van der Waals surface area contributed by atoms with Crippen LogP contribution in [0.3, 0.4) is 0 Å². The number of piperazine rings is 1. The molecule has 1 atom stereocenters. The number of nitrogens with one attached hydrogen (secondary N) is 1. The Balaban J connectivity index is 2.27. The lowest BCUT2D eigenvalue weighted by Gasteiger charge is -2.35. The quantitative estimate of drug-likeness (QED) is 0.853. The number of rotatable bonds is 5. The van der Waals surface area contributed by atoms with Crippen molar-refractivity contribution < 1.29 is 14.2 Å². The van der Waals surface area contributed by atoms with Crippen LogP contribution in [-0.4, -0.2) is 50.0 Å². The Morgan fingerprint density at radius 2 is 2.16 bits per heavy atom. The first-order valence-corrected chi connectivity index (χ1v) is 6.64. The summed E-state index contributed by atoms with van der Waals surface area (Å²) < 4.78 is 18.0. The molecule has 1 fully saturated rings. The highest BCUT2D eigenvalue weighted by molar-refractivity contribution is 5.46. The largest absolute Gasteiger partial charge is 0.504 e. The van der Waals surface area contributed by atoms with Gasteiger partial charge in [-0.2, -0.15) is 0 Å². The predicted octanol–water partition coefficient (Wildman–Crippen LogP) is 1.71. The van der Waals surface area contributed by atoms with E-state index in [1.165, 1.54) is 7.11 Å². The van der Waals surface area contributed by atoms with Crippen molar-refractivity contribution in [2.75, 3.05) is 40.0 Å². The van der Waals surface area contributed by atoms with Gasteiger partial charge in [-0.05, 0) is 12.5 Å². The van der Waals surface area contributed by atoms with Crippen LogP contribution >= 0.6 is 0 Å². The molecule has 0 bridgehead atoms. The van der Waals surface area contributed by atoms with Crippen molar-refractivity contribution in [2.24, 2.45) is 0 Å². The third-order valence-corrected chi connectivity index (χ3v) is 3.58. The minimum atomic E-state index is -0.398. The van der Waals surface area contributed by atoms with Gasteiger partial charge in [0.15, 0.2) is 11.5 Å². The van der Waals surface area contributed by atoms with E-state index in [-0.39, 0.29) is 11.8 Å². The second kappa shape index (κ2) is 6.73. The van der Waals surface area contributed by atoms with Crippen molar-refractivity contribution in [1.29, 1.82) is 0 Å². The van der Waals surface area contributed by atoms with E-state index in [2.05, 4.69) is 10.2 Å². The fourth-order valence-electron chi connectivity index (χ4n) is 2.60. The van der Waals surface area contributed by atoms with Crippen LogP contribution in [0.5, 0.6) is 11.5 Å². The summed E-state index contributed by atoms with van der Waals surface area (Å²) in [6, 6.07) is 5.30. The Bertz CT molecular complexity index is 408. The van der Waals surface area contributed by atoms with Gasteiger partial charge in [0.25, 0.3) is 0 Å². The monoisotopic (exact) mass is 268 g/mol. The molecular weight excluding hydrogens is 247 g/mol. The van der Waals surface area contributed by atoms with E-state index in [1.54, 1.807) is 6.07 Å². The van der Waals surface area contributed by atoms with Gasteiger partial charge in [-0.1, -0.05) is 12.1 Å². The number of nitrogens with zero attached hydrogens (tertiary/aromatic N) is 1. The van der Waals surface area contributed by atoms with E-state index >= 15 is 0 Å². The highest BCUT2D eigenvalue weighted by Gasteiger charge is 2.25. The lowest BCUT2D eigenvalue weighted by Crippen LogP contribution is -2.45. The minimum absolute atomic E-state index is 0.0952. The standard InChI is InChI=1S/C14H21FN2O2/c1-19-13-4-2-3-11(14(13)18)12(5-6-15)17-9-7-16-8-10-17/h2-4,12,16,18H,5-10H2,1H3/t12-/m0/s1. The van der Waals surface area contributed by atoms with Gasteiger partial charge >= 0.3 is 0 Å². The number of phenols is 1. The number of para-hydroxylation sites is 1. The second-order valence-corrected chi connectivity index (χ2v) is 4.68. The third-order valence-electron chi connectivity index (χ3n) is 3.58. The minimum Gasteiger partial charge on any atom is -0.504 e. The SMILES string of the molecule is COc1cccc([C@H](CCF)N2CCNCC2)c1O. The molecule has 1 aromatic carbocycles. The molecule has 0 unspecified atom stereocenters. The summed E-state index contributed by atoms with van der Waals surface area (Å²) in [5.41, 5.74) is 0.749. The summed E-state index contributed by atoms with van der Waals surface area (Å²) in [6.07, 6.45) is 0.390. The van der Waals surface area contributed by atoms with Gasteiger partial charge in [-0.3, -0.25) is 9.29 Å². The van der Waals surface area contributed by atoms with Crippen LogP contribution < -0.4 is 10.1 Å². The number of ether oxygens (including phenoxy) is 1. The highest BCUT2D eigenvalue weighted by atomic mass is 19.1. The molecule has 1 heterocycles. The third kappa shape index (κ3) is 3.16. The number of phenolic OH excluding ortho intramolecular Hbond substituents is 1. The average molecular weight is 268 g/mol. The topological polar surface area (TPSA) is 44.7 Å². The summed E-state index contributed by atoms with van der Waals surface area (Å²) in [5.74, 6) is 0.568. The first kappa shape index (κ1) is 14.1. The van der Waals surface area contributed by atoms with Crippen molar-refractivity contribution in [3.8, 4) is 11.5 Å². The number of hydrogen-bond donors (Lipinski definition) is 2. The lowest BCUT2D eigenvalue weighted by molar-refractivity contribution is 0.154. The van der Waals surface area contributed by atoms with Gasteiger partial charge in [-0.15, -0.1) is 0 Å². The molecule has 0 aromatic heterocycles. The van der Waals surface area contributed by atoms with Crippen LogP contribution in [-0.2, 0) is 0 Å². The van der Waals surface area contributed by atoms with Gasteiger partial charge in [0.05, 0.1) is 13.8 Å². The van der Waals surface area contributed by atoms with Gasteiger partial charge in [-0.25, -0.2) is 0 Å². The first-order chi connectivity index (χ1) is 9.27. The van der Waals surface area contributed by atoms with Gasteiger partial charge in [0.2, 0.25) is 0 Å².